The number of para-hydroxylation sites is 1. The molecule has 2 aliphatic heterocycles. The van der Waals surface area contributed by atoms with E-state index < -0.39 is 0 Å². The zero-order valence-corrected chi connectivity index (χ0v) is 19.9. The normalized spacial score (nSPS) is 27.0. The Morgan fingerprint density at radius 2 is 1.67 bits per heavy atom. The maximum atomic E-state index is 12.3. The molecule has 2 aromatic rings. The minimum Gasteiger partial charge on any atom is -0.464 e. The van der Waals surface area contributed by atoms with Crippen LogP contribution in [0.2, 0.25) is 0 Å². The van der Waals surface area contributed by atoms with Gasteiger partial charge in [-0.3, -0.25) is 4.79 Å². The number of likely N-dealkylation sites (tertiary alicyclic amines) is 1. The van der Waals surface area contributed by atoms with Gasteiger partial charge in [0.05, 0.1) is 6.26 Å². The molecule has 1 aromatic heterocycles. The number of hydrogen-bond acceptors (Lipinski definition) is 4. The van der Waals surface area contributed by atoms with Crippen LogP contribution in [0.15, 0.2) is 34.9 Å². The Labute approximate surface area is 198 Å². The number of hydrogen-bond donors (Lipinski definition) is 1. The van der Waals surface area contributed by atoms with E-state index in [1.54, 1.807) is 0 Å². The predicted octanol–water partition coefficient (Wildman–Crippen LogP) is 5.34. The summed E-state index contributed by atoms with van der Waals surface area (Å²) in [5, 5.41) is 1.29. The van der Waals surface area contributed by atoms with E-state index in [1.807, 2.05) is 12.3 Å². The Morgan fingerprint density at radius 3 is 2.39 bits per heavy atom. The van der Waals surface area contributed by atoms with Crippen molar-refractivity contribution in [3.05, 3.63) is 36.1 Å². The van der Waals surface area contributed by atoms with Gasteiger partial charge in [0.15, 0.2) is 0 Å². The third-order valence-electron chi connectivity index (χ3n) is 8.89. The van der Waals surface area contributed by atoms with Crippen LogP contribution in [-0.4, -0.2) is 43.7 Å². The fourth-order valence-corrected chi connectivity index (χ4v) is 6.91. The Hall–Kier alpha value is -1.85. The Morgan fingerprint density at radius 1 is 0.970 bits per heavy atom. The van der Waals surface area contributed by atoms with Crippen LogP contribution >= 0.6 is 0 Å². The van der Waals surface area contributed by atoms with E-state index in [0.717, 1.165) is 37.6 Å². The molecule has 180 valence electrons. The van der Waals surface area contributed by atoms with Crippen molar-refractivity contribution in [2.75, 3.05) is 32.8 Å². The summed E-state index contributed by atoms with van der Waals surface area (Å²) in [4.78, 5) is 14.9. The van der Waals surface area contributed by atoms with E-state index in [4.69, 9.17) is 14.9 Å². The molecule has 1 amide bonds. The van der Waals surface area contributed by atoms with Crippen molar-refractivity contribution in [1.82, 2.24) is 4.90 Å². The molecule has 1 aliphatic carbocycles. The maximum Gasteiger partial charge on any atom is 0.221 e. The number of piperidine rings is 1. The number of carbonyl (C=O) groups is 1. The fourth-order valence-electron chi connectivity index (χ4n) is 6.91. The zero-order chi connectivity index (χ0) is 22.6. The lowest BCUT2D eigenvalue weighted by atomic mass is 9.69. The second kappa shape index (κ2) is 10.6. The van der Waals surface area contributed by atoms with Crippen molar-refractivity contribution < 1.29 is 13.9 Å². The van der Waals surface area contributed by atoms with Gasteiger partial charge < -0.3 is 19.8 Å². The predicted molar refractivity (Wildman–Crippen MR) is 131 cm³/mol. The van der Waals surface area contributed by atoms with Gasteiger partial charge in [0, 0.05) is 30.1 Å². The molecule has 0 spiro atoms. The van der Waals surface area contributed by atoms with E-state index in [-0.39, 0.29) is 11.8 Å². The third kappa shape index (κ3) is 5.30. The van der Waals surface area contributed by atoms with Gasteiger partial charge in [-0.2, -0.15) is 0 Å². The van der Waals surface area contributed by atoms with Gasteiger partial charge in [-0.15, -0.1) is 0 Å². The first-order chi connectivity index (χ1) is 16.2. The molecule has 33 heavy (non-hydrogen) atoms. The van der Waals surface area contributed by atoms with Crippen LogP contribution < -0.4 is 5.73 Å². The summed E-state index contributed by atoms with van der Waals surface area (Å²) in [5.41, 5.74) is 8.29. The number of rotatable bonds is 7. The highest BCUT2D eigenvalue weighted by molar-refractivity contribution is 5.81. The molecule has 3 heterocycles. The fraction of sp³-hybridized carbons (Fsp3) is 0.679. The smallest absolute Gasteiger partial charge is 0.221 e. The quantitative estimate of drug-likeness (QED) is 0.616. The maximum absolute atomic E-state index is 12.3. The number of ether oxygens (including phenoxy) is 1. The molecule has 2 N–H and O–H groups in total. The summed E-state index contributed by atoms with van der Waals surface area (Å²) in [6.07, 6.45) is 12.6. The Balaban J connectivity index is 1.06. The van der Waals surface area contributed by atoms with E-state index in [0.29, 0.717) is 17.8 Å². The number of furan rings is 1. The molecular formula is C28H40N2O3. The van der Waals surface area contributed by atoms with Gasteiger partial charge in [-0.05, 0) is 94.3 Å². The van der Waals surface area contributed by atoms with Crippen molar-refractivity contribution in [3.8, 4) is 0 Å². The topological polar surface area (TPSA) is 68.7 Å². The summed E-state index contributed by atoms with van der Waals surface area (Å²) in [5.74, 6) is 2.34. The molecule has 1 atom stereocenters. The number of nitrogens with zero attached hydrogens (tertiary/aromatic N) is 1. The highest BCUT2D eigenvalue weighted by Gasteiger charge is 2.37. The lowest BCUT2D eigenvalue weighted by molar-refractivity contribution is -0.127. The van der Waals surface area contributed by atoms with Gasteiger partial charge in [0.2, 0.25) is 5.91 Å². The van der Waals surface area contributed by atoms with Crippen molar-refractivity contribution in [2.45, 2.75) is 63.7 Å². The molecule has 3 aliphatic rings. The summed E-state index contributed by atoms with van der Waals surface area (Å²) in [7, 11) is 0. The average molecular weight is 453 g/mol. The van der Waals surface area contributed by atoms with Gasteiger partial charge >= 0.3 is 0 Å². The zero-order valence-electron chi connectivity index (χ0n) is 19.9. The summed E-state index contributed by atoms with van der Waals surface area (Å²) in [6.45, 7) is 5.17. The Bertz CT molecular complexity index is 903. The number of carbonyl (C=O) groups excluding carboxylic acids is 1. The molecule has 5 rings (SSSR count). The molecule has 5 heteroatoms. The minimum absolute atomic E-state index is 0.0629. The molecule has 0 radical (unpaired) electrons. The standard InChI is InChI=1S/C28H40N2O3/c29-28(31)27(23-12-17-32-18-13-23)22-7-5-20(6-8-22)9-14-30-15-10-21(11-16-30)25-19-33-26-4-2-1-3-24(25)26/h1-4,19-23,27H,5-18H2,(H2,29,31). The molecular weight excluding hydrogens is 412 g/mol. The van der Waals surface area contributed by atoms with Crippen LogP contribution in [-0.2, 0) is 9.53 Å². The summed E-state index contributed by atoms with van der Waals surface area (Å²) >= 11 is 0. The first-order valence-electron chi connectivity index (χ1n) is 13.2. The van der Waals surface area contributed by atoms with Crippen molar-refractivity contribution in [1.29, 1.82) is 0 Å². The van der Waals surface area contributed by atoms with Gasteiger partial charge in [0.25, 0.3) is 0 Å². The SMILES string of the molecule is NC(=O)C(C1CCOCC1)C1CCC(CCN2CCC(c3coc4ccccc34)CC2)CC1. The lowest BCUT2D eigenvalue weighted by Gasteiger charge is -2.38. The first-order valence-corrected chi connectivity index (χ1v) is 13.2. The van der Waals surface area contributed by atoms with E-state index in [2.05, 4.69) is 23.1 Å². The van der Waals surface area contributed by atoms with Crippen LogP contribution in [0, 0.1) is 23.7 Å². The van der Waals surface area contributed by atoms with Crippen LogP contribution in [0.25, 0.3) is 11.0 Å². The second-order valence-electron chi connectivity index (χ2n) is 10.8. The second-order valence-corrected chi connectivity index (χ2v) is 10.8. The van der Waals surface area contributed by atoms with Crippen molar-refractivity contribution in [3.63, 3.8) is 0 Å². The molecule has 5 nitrogen and oxygen atoms in total. The lowest BCUT2D eigenvalue weighted by Crippen LogP contribution is -2.40. The molecule has 1 aromatic carbocycles. The molecule has 0 bridgehead atoms. The van der Waals surface area contributed by atoms with Crippen LogP contribution in [0.1, 0.15) is 69.3 Å². The Kier molecular flexibility index (Phi) is 7.37. The molecule has 2 saturated heterocycles. The van der Waals surface area contributed by atoms with Crippen LogP contribution in [0.4, 0.5) is 0 Å². The minimum atomic E-state index is -0.0707. The molecule has 3 fully saturated rings. The van der Waals surface area contributed by atoms with E-state index >= 15 is 0 Å². The summed E-state index contributed by atoms with van der Waals surface area (Å²) in [6, 6.07) is 8.42. The molecule has 1 saturated carbocycles. The monoisotopic (exact) mass is 452 g/mol. The first kappa shape index (κ1) is 22.9. The summed E-state index contributed by atoms with van der Waals surface area (Å²) < 4.78 is 11.3. The van der Waals surface area contributed by atoms with Crippen molar-refractivity contribution >= 4 is 16.9 Å². The molecule has 1 unspecified atom stereocenters. The number of primary amides is 1. The van der Waals surface area contributed by atoms with E-state index in [1.165, 1.54) is 75.5 Å². The highest BCUT2D eigenvalue weighted by atomic mass is 16.5. The number of amides is 1. The van der Waals surface area contributed by atoms with Crippen molar-refractivity contribution in [2.24, 2.45) is 29.4 Å². The largest absolute Gasteiger partial charge is 0.464 e. The number of benzene rings is 1. The number of fused-ring (bicyclic) bond motifs is 1. The van der Waals surface area contributed by atoms with Crippen LogP contribution in [0.5, 0.6) is 0 Å². The van der Waals surface area contributed by atoms with Gasteiger partial charge in [-0.25, -0.2) is 0 Å². The number of nitrogens with two attached hydrogens (primary N) is 1. The third-order valence-corrected chi connectivity index (χ3v) is 8.89. The van der Waals surface area contributed by atoms with Gasteiger partial charge in [-0.1, -0.05) is 31.0 Å². The average Bonchev–Trinajstić information content (AvgIpc) is 3.29. The van der Waals surface area contributed by atoms with Gasteiger partial charge in [0.1, 0.15) is 5.58 Å². The van der Waals surface area contributed by atoms with E-state index in [9.17, 15) is 4.79 Å². The highest BCUT2D eigenvalue weighted by Crippen LogP contribution is 2.40. The van der Waals surface area contributed by atoms with Crippen LogP contribution in [0.3, 0.4) is 0 Å².